The van der Waals surface area contributed by atoms with Gasteiger partial charge in [-0.05, 0) is 43.5 Å². The molecule has 1 aliphatic rings. The van der Waals surface area contributed by atoms with Crippen LogP contribution >= 0.6 is 11.6 Å². The minimum Gasteiger partial charge on any atom is -0.339 e. The zero-order valence-electron chi connectivity index (χ0n) is 13.3. The molecule has 8 heteroatoms. The van der Waals surface area contributed by atoms with Crippen LogP contribution < -0.4 is 9.62 Å². The number of hydrogen-bond donors (Lipinski definition) is 1. The van der Waals surface area contributed by atoms with E-state index in [-0.39, 0.29) is 16.0 Å². The average molecular weight is 367 g/mol. The summed E-state index contributed by atoms with van der Waals surface area (Å²) in [7, 11) is -3.66. The third kappa shape index (κ3) is 3.85. The SMILES string of the molecule is Cc1ccc(S(=O)(=O)N[C@@H]2CCCN(c3ncccn3)C2)c(Cl)c1. The van der Waals surface area contributed by atoms with Crippen molar-refractivity contribution in [1.29, 1.82) is 0 Å². The molecule has 128 valence electrons. The molecule has 1 atom stereocenters. The van der Waals surface area contributed by atoms with Crippen LogP contribution in [-0.4, -0.2) is 37.5 Å². The molecule has 0 radical (unpaired) electrons. The Balaban J connectivity index is 1.75. The van der Waals surface area contributed by atoms with E-state index in [0.717, 1.165) is 24.9 Å². The first-order valence-electron chi connectivity index (χ1n) is 7.76. The van der Waals surface area contributed by atoms with Crippen molar-refractivity contribution < 1.29 is 8.42 Å². The van der Waals surface area contributed by atoms with Gasteiger partial charge in [0, 0.05) is 31.5 Å². The van der Waals surface area contributed by atoms with Crippen molar-refractivity contribution in [1.82, 2.24) is 14.7 Å². The zero-order valence-corrected chi connectivity index (χ0v) is 14.9. The van der Waals surface area contributed by atoms with Gasteiger partial charge in [0.15, 0.2) is 0 Å². The molecule has 0 amide bonds. The fraction of sp³-hybridized carbons (Fsp3) is 0.375. The Labute approximate surface area is 146 Å². The highest BCUT2D eigenvalue weighted by atomic mass is 35.5. The van der Waals surface area contributed by atoms with Gasteiger partial charge in [-0.1, -0.05) is 17.7 Å². The maximum atomic E-state index is 12.6. The summed E-state index contributed by atoms with van der Waals surface area (Å²) in [5.41, 5.74) is 0.920. The molecule has 1 N–H and O–H groups in total. The van der Waals surface area contributed by atoms with Crippen LogP contribution in [0.5, 0.6) is 0 Å². The van der Waals surface area contributed by atoms with E-state index >= 15 is 0 Å². The van der Waals surface area contributed by atoms with Crippen molar-refractivity contribution in [2.75, 3.05) is 18.0 Å². The lowest BCUT2D eigenvalue weighted by Crippen LogP contribution is -2.48. The maximum Gasteiger partial charge on any atom is 0.242 e. The third-order valence-corrected chi connectivity index (χ3v) is 5.96. The third-order valence-electron chi connectivity index (χ3n) is 3.96. The summed E-state index contributed by atoms with van der Waals surface area (Å²) >= 11 is 6.11. The fourth-order valence-corrected chi connectivity index (χ4v) is 4.68. The Kier molecular flexibility index (Phi) is 5.03. The van der Waals surface area contributed by atoms with Gasteiger partial charge in [-0.25, -0.2) is 23.1 Å². The summed E-state index contributed by atoms with van der Waals surface area (Å²) in [5, 5.41) is 0.238. The number of nitrogens with zero attached hydrogens (tertiary/aromatic N) is 3. The molecule has 1 aliphatic heterocycles. The fourth-order valence-electron chi connectivity index (χ4n) is 2.82. The number of nitrogens with one attached hydrogen (secondary N) is 1. The van der Waals surface area contributed by atoms with Crippen LogP contribution in [0.25, 0.3) is 0 Å². The smallest absolute Gasteiger partial charge is 0.242 e. The lowest BCUT2D eigenvalue weighted by Gasteiger charge is -2.32. The predicted molar refractivity (Wildman–Crippen MR) is 93.8 cm³/mol. The quantitative estimate of drug-likeness (QED) is 0.899. The molecular formula is C16H19ClN4O2S. The van der Waals surface area contributed by atoms with Gasteiger partial charge >= 0.3 is 0 Å². The Morgan fingerprint density at radius 3 is 2.75 bits per heavy atom. The molecule has 1 aromatic heterocycles. The van der Waals surface area contributed by atoms with Gasteiger partial charge in [0.05, 0.1) is 5.02 Å². The summed E-state index contributed by atoms with van der Waals surface area (Å²) < 4.78 is 28.0. The van der Waals surface area contributed by atoms with Crippen molar-refractivity contribution in [2.45, 2.75) is 30.7 Å². The van der Waals surface area contributed by atoms with Gasteiger partial charge in [0.2, 0.25) is 16.0 Å². The topological polar surface area (TPSA) is 75.2 Å². The first-order valence-corrected chi connectivity index (χ1v) is 9.62. The van der Waals surface area contributed by atoms with E-state index in [0.29, 0.717) is 12.5 Å². The normalized spacial score (nSPS) is 18.6. The standard InChI is InChI=1S/C16H19ClN4O2S/c1-12-5-6-15(14(17)10-12)24(22,23)20-13-4-2-9-21(11-13)16-18-7-3-8-19-16/h3,5-8,10,13,20H,2,4,9,11H2,1H3/t13-/m1/s1. The Morgan fingerprint density at radius 2 is 2.04 bits per heavy atom. The van der Waals surface area contributed by atoms with E-state index in [9.17, 15) is 8.42 Å². The highest BCUT2D eigenvalue weighted by molar-refractivity contribution is 7.89. The monoisotopic (exact) mass is 366 g/mol. The van der Waals surface area contributed by atoms with E-state index in [4.69, 9.17) is 11.6 Å². The summed E-state index contributed by atoms with van der Waals surface area (Å²) in [5.74, 6) is 0.620. The van der Waals surface area contributed by atoms with Crippen LogP contribution in [0.4, 0.5) is 5.95 Å². The van der Waals surface area contributed by atoms with Gasteiger partial charge in [0.1, 0.15) is 4.90 Å². The molecule has 0 saturated carbocycles. The van der Waals surface area contributed by atoms with Crippen LogP contribution in [0.2, 0.25) is 5.02 Å². The van der Waals surface area contributed by atoms with Gasteiger partial charge in [-0.3, -0.25) is 0 Å². The van der Waals surface area contributed by atoms with Gasteiger partial charge in [-0.2, -0.15) is 0 Å². The van der Waals surface area contributed by atoms with Crippen molar-refractivity contribution >= 4 is 27.6 Å². The molecule has 1 fully saturated rings. The van der Waals surface area contributed by atoms with Gasteiger partial charge in [-0.15, -0.1) is 0 Å². The lowest BCUT2D eigenvalue weighted by atomic mass is 10.1. The molecule has 6 nitrogen and oxygen atoms in total. The number of benzene rings is 1. The summed E-state index contributed by atoms with van der Waals surface area (Å²) in [4.78, 5) is 10.6. The molecular weight excluding hydrogens is 348 g/mol. The molecule has 0 aliphatic carbocycles. The van der Waals surface area contributed by atoms with E-state index in [1.165, 1.54) is 0 Å². The second kappa shape index (κ2) is 7.04. The number of aryl methyl sites for hydroxylation is 1. The number of piperidine rings is 1. The molecule has 0 spiro atoms. The van der Waals surface area contributed by atoms with Crippen molar-refractivity contribution in [3.63, 3.8) is 0 Å². The Bertz CT molecular complexity index is 814. The zero-order chi connectivity index (χ0) is 17.2. The highest BCUT2D eigenvalue weighted by Crippen LogP contribution is 2.24. The summed E-state index contributed by atoms with van der Waals surface area (Å²) in [6.45, 7) is 3.22. The molecule has 3 rings (SSSR count). The van der Waals surface area contributed by atoms with Crippen molar-refractivity contribution in [2.24, 2.45) is 0 Å². The van der Waals surface area contributed by atoms with E-state index < -0.39 is 10.0 Å². The minimum atomic E-state index is -3.66. The molecule has 0 unspecified atom stereocenters. The second-order valence-electron chi connectivity index (χ2n) is 5.89. The van der Waals surface area contributed by atoms with Crippen molar-refractivity contribution in [3.8, 4) is 0 Å². The van der Waals surface area contributed by atoms with Crippen LogP contribution in [0.1, 0.15) is 18.4 Å². The van der Waals surface area contributed by atoms with Crippen molar-refractivity contribution in [3.05, 3.63) is 47.2 Å². The molecule has 24 heavy (non-hydrogen) atoms. The Hall–Kier alpha value is -1.70. The minimum absolute atomic E-state index is 0.114. The van der Waals surface area contributed by atoms with E-state index in [2.05, 4.69) is 14.7 Å². The second-order valence-corrected chi connectivity index (χ2v) is 7.98. The van der Waals surface area contributed by atoms with Crippen LogP contribution in [0.15, 0.2) is 41.6 Å². The highest BCUT2D eigenvalue weighted by Gasteiger charge is 2.27. The molecule has 0 bridgehead atoms. The van der Waals surface area contributed by atoms with Crippen LogP contribution in [0.3, 0.4) is 0 Å². The van der Waals surface area contributed by atoms with Gasteiger partial charge < -0.3 is 4.90 Å². The number of sulfonamides is 1. The maximum absolute atomic E-state index is 12.6. The lowest BCUT2D eigenvalue weighted by molar-refractivity contribution is 0.461. The van der Waals surface area contributed by atoms with Gasteiger partial charge in [0.25, 0.3) is 0 Å². The molecule has 1 saturated heterocycles. The first kappa shape index (κ1) is 17.1. The number of hydrogen-bond acceptors (Lipinski definition) is 5. The van der Waals surface area contributed by atoms with E-state index in [1.54, 1.807) is 36.7 Å². The van der Waals surface area contributed by atoms with Crippen LogP contribution in [0, 0.1) is 6.92 Å². The number of halogens is 1. The first-order chi connectivity index (χ1) is 11.5. The predicted octanol–water partition coefficient (Wildman–Crippen LogP) is 2.39. The molecule has 2 heterocycles. The average Bonchev–Trinajstić information content (AvgIpc) is 2.55. The molecule has 1 aromatic carbocycles. The molecule has 2 aromatic rings. The number of anilines is 1. The number of rotatable bonds is 4. The van der Waals surface area contributed by atoms with Crippen LogP contribution in [-0.2, 0) is 10.0 Å². The summed E-state index contributed by atoms with van der Waals surface area (Å²) in [6, 6.07) is 6.49. The number of aromatic nitrogens is 2. The largest absolute Gasteiger partial charge is 0.339 e. The summed E-state index contributed by atoms with van der Waals surface area (Å²) in [6.07, 6.45) is 5.00. The Morgan fingerprint density at radius 1 is 1.29 bits per heavy atom. The van der Waals surface area contributed by atoms with E-state index in [1.807, 2.05) is 11.8 Å².